The minimum absolute atomic E-state index is 0.581. The number of benzene rings is 2. The van der Waals surface area contributed by atoms with Crippen molar-refractivity contribution in [3.05, 3.63) is 56.9 Å². The van der Waals surface area contributed by atoms with Gasteiger partial charge in [0, 0.05) is 21.9 Å². The molecule has 116 valence electrons. The second-order valence-corrected chi connectivity index (χ2v) is 7.17. The zero-order chi connectivity index (χ0) is 16.0. The van der Waals surface area contributed by atoms with E-state index in [2.05, 4.69) is 17.4 Å². The lowest BCUT2D eigenvalue weighted by molar-refractivity contribution is 0.414. The van der Waals surface area contributed by atoms with Gasteiger partial charge >= 0.3 is 0 Å². The van der Waals surface area contributed by atoms with Crippen molar-refractivity contribution in [3.63, 3.8) is 0 Å². The molecule has 0 unspecified atom stereocenters. The number of anilines is 2. The molecule has 6 heteroatoms. The number of nitrogens with zero attached hydrogens (tertiary/aromatic N) is 1. The number of thiazole rings is 1. The normalized spacial score (nSPS) is 12.0. The highest BCUT2D eigenvalue weighted by Crippen LogP contribution is 2.43. The highest BCUT2D eigenvalue weighted by molar-refractivity contribution is 7.16. The van der Waals surface area contributed by atoms with Gasteiger partial charge in [-0.25, -0.2) is 4.98 Å². The van der Waals surface area contributed by atoms with Crippen LogP contribution in [0.2, 0.25) is 10.0 Å². The van der Waals surface area contributed by atoms with Crippen LogP contribution in [0.3, 0.4) is 0 Å². The van der Waals surface area contributed by atoms with Gasteiger partial charge in [0.25, 0.3) is 0 Å². The minimum Gasteiger partial charge on any atom is -0.497 e. The van der Waals surface area contributed by atoms with Gasteiger partial charge in [-0.1, -0.05) is 23.2 Å². The third kappa shape index (κ3) is 2.67. The van der Waals surface area contributed by atoms with E-state index in [0.717, 1.165) is 28.7 Å². The van der Waals surface area contributed by atoms with Crippen LogP contribution in [0.15, 0.2) is 36.4 Å². The van der Waals surface area contributed by atoms with Gasteiger partial charge in [0.2, 0.25) is 0 Å². The summed E-state index contributed by atoms with van der Waals surface area (Å²) in [5.41, 5.74) is 4.28. The molecule has 0 radical (unpaired) electrons. The maximum absolute atomic E-state index is 6.20. The fraction of sp³-hybridized carbons (Fsp3) is 0.118. The number of fused-ring (bicyclic) bond motifs is 3. The molecule has 0 saturated heterocycles. The van der Waals surface area contributed by atoms with E-state index in [1.54, 1.807) is 30.6 Å². The Morgan fingerprint density at radius 3 is 2.83 bits per heavy atom. The number of hydrogen-bond acceptors (Lipinski definition) is 4. The second-order valence-electron chi connectivity index (χ2n) is 5.24. The summed E-state index contributed by atoms with van der Waals surface area (Å²) < 4.78 is 5.29. The SMILES string of the molecule is COc1ccc2c(c1)Cc1sc(Nc3ccc(Cl)cc3Cl)nc1-2. The molecule has 0 aliphatic heterocycles. The topological polar surface area (TPSA) is 34.1 Å². The summed E-state index contributed by atoms with van der Waals surface area (Å²) in [4.78, 5) is 5.97. The lowest BCUT2D eigenvalue weighted by Gasteiger charge is -2.06. The largest absolute Gasteiger partial charge is 0.497 e. The van der Waals surface area contributed by atoms with Gasteiger partial charge in [-0.2, -0.15) is 0 Å². The van der Waals surface area contributed by atoms with Gasteiger partial charge in [0.1, 0.15) is 5.75 Å². The van der Waals surface area contributed by atoms with E-state index >= 15 is 0 Å². The first-order valence-electron chi connectivity index (χ1n) is 7.03. The van der Waals surface area contributed by atoms with Gasteiger partial charge in [0.15, 0.2) is 5.13 Å². The average molecular weight is 363 g/mol. The van der Waals surface area contributed by atoms with E-state index in [1.165, 1.54) is 16.0 Å². The van der Waals surface area contributed by atoms with Crippen molar-refractivity contribution in [2.75, 3.05) is 12.4 Å². The smallest absolute Gasteiger partial charge is 0.188 e. The molecule has 0 atom stereocenters. The number of nitrogens with one attached hydrogen (secondary N) is 1. The molecule has 1 aliphatic rings. The van der Waals surface area contributed by atoms with Crippen molar-refractivity contribution in [2.45, 2.75) is 6.42 Å². The van der Waals surface area contributed by atoms with Crippen molar-refractivity contribution in [1.29, 1.82) is 0 Å². The Morgan fingerprint density at radius 2 is 2.04 bits per heavy atom. The molecule has 0 fully saturated rings. The molecule has 0 bridgehead atoms. The molecule has 0 saturated carbocycles. The molecule has 1 N–H and O–H groups in total. The summed E-state index contributed by atoms with van der Waals surface area (Å²) in [7, 11) is 1.68. The van der Waals surface area contributed by atoms with Crippen LogP contribution < -0.4 is 10.1 Å². The molecule has 3 aromatic rings. The summed E-state index contributed by atoms with van der Waals surface area (Å²) in [6.07, 6.45) is 0.884. The highest BCUT2D eigenvalue weighted by Gasteiger charge is 2.24. The minimum atomic E-state index is 0.581. The monoisotopic (exact) mass is 362 g/mol. The van der Waals surface area contributed by atoms with Gasteiger partial charge < -0.3 is 10.1 Å². The number of ether oxygens (including phenoxy) is 1. The highest BCUT2D eigenvalue weighted by atomic mass is 35.5. The van der Waals surface area contributed by atoms with Crippen LogP contribution in [0, 0.1) is 0 Å². The van der Waals surface area contributed by atoms with E-state index < -0.39 is 0 Å². The molecular formula is C17H12Cl2N2OS. The zero-order valence-corrected chi connectivity index (χ0v) is 14.5. The van der Waals surface area contributed by atoms with Crippen LogP contribution in [0.1, 0.15) is 10.4 Å². The molecule has 1 heterocycles. The van der Waals surface area contributed by atoms with Gasteiger partial charge in [0.05, 0.1) is 23.5 Å². The van der Waals surface area contributed by atoms with Crippen LogP contribution in [-0.4, -0.2) is 12.1 Å². The Kier molecular flexibility index (Phi) is 3.68. The average Bonchev–Trinajstić information content (AvgIpc) is 3.06. The van der Waals surface area contributed by atoms with Crippen LogP contribution in [0.25, 0.3) is 11.3 Å². The summed E-state index contributed by atoms with van der Waals surface area (Å²) in [6.45, 7) is 0. The Bertz CT molecular complexity index is 908. The fourth-order valence-electron chi connectivity index (χ4n) is 2.69. The van der Waals surface area contributed by atoms with E-state index in [0.29, 0.717) is 10.0 Å². The Hall–Kier alpha value is -1.75. The second kappa shape index (κ2) is 5.71. The van der Waals surface area contributed by atoms with E-state index in [1.807, 2.05) is 12.1 Å². The molecule has 0 spiro atoms. The van der Waals surface area contributed by atoms with Crippen LogP contribution in [-0.2, 0) is 6.42 Å². The van der Waals surface area contributed by atoms with Crippen molar-refractivity contribution in [3.8, 4) is 17.0 Å². The van der Waals surface area contributed by atoms with Crippen molar-refractivity contribution in [1.82, 2.24) is 4.98 Å². The lowest BCUT2D eigenvalue weighted by Crippen LogP contribution is -1.91. The van der Waals surface area contributed by atoms with Crippen molar-refractivity contribution >= 4 is 45.4 Å². The van der Waals surface area contributed by atoms with Gasteiger partial charge in [-0.3, -0.25) is 0 Å². The van der Waals surface area contributed by atoms with Crippen LogP contribution in [0.4, 0.5) is 10.8 Å². The molecule has 1 aromatic heterocycles. The first-order valence-corrected chi connectivity index (χ1v) is 8.60. The molecule has 3 nitrogen and oxygen atoms in total. The van der Waals surface area contributed by atoms with E-state index in [-0.39, 0.29) is 0 Å². The van der Waals surface area contributed by atoms with Crippen LogP contribution >= 0.6 is 34.5 Å². The predicted octanol–water partition coefficient (Wildman–Crippen LogP) is 5.77. The van der Waals surface area contributed by atoms with Gasteiger partial charge in [-0.15, -0.1) is 11.3 Å². The summed E-state index contributed by atoms with van der Waals surface area (Å²) >= 11 is 13.8. The zero-order valence-electron chi connectivity index (χ0n) is 12.2. The Morgan fingerprint density at radius 1 is 1.17 bits per heavy atom. The van der Waals surface area contributed by atoms with Gasteiger partial charge in [-0.05, 0) is 42.0 Å². The van der Waals surface area contributed by atoms with Crippen molar-refractivity contribution < 1.29 is 4.74 Å². The summed E-state index contributed by atoms with van der Waals surface area (Å²) in [6, 6.07) is 11.5. The molecule has 1 aliphatic carbocycles. The first-order chi connectivity index (χ1) is 11.1. The third-order valence-corrected chi connectivity index (χ3v) is 5.31. The van der Waals surface area contributed by atoms with E-state index in [9.17, 15) is 0 Å². The number of hydrogen-bond donors (Lipinski definition) is 1. The maximum Gasteiger partial charge on any atom is 0.188 e. The number of halogens is 2. The Balaban J connectivity index is 1.65. The fourth-order valence-corrected chi connectivity index (χ4v) is 4.16. The van der Waals surface area contributed by atoms with E-state index in [4.69, 9.17) is 32.9 Å². The Labute approximate surface area is 147 Å². The van der Waals surface area contributed by atoms with Crippen LogP contribution in [0.5, 0.6) is 5.75 Å². The lowest BCUT2D eigenvalue weighted by atomic mass is 10.1. The standard InChI is InChI=1S/C17H12Cl2N2OS/c1-22-11-3-4-12-9(6-11)7-15-16(12)21-17(23-15)20-14-5-2-10(18)8-13(14)19/h2-6,8H,7H2,1H3,(H,20,21). The number of methoxy groups -OCH3 is 1. The molecular weight excluding hydrogens is 351 g/mol. The molecule has 2 aromatic carbocycles. The summed E-state index contributed by atoms with van der Waals surface area (Å²) in [5, 5.41) is 5.31. The molecule has 4 rings (SSSR count). The maximum atomic E-state index is 6.20. The summed E-state index contributed by atoms with van der Waals surface area (Å²) in [5.74, 6) is 0.880. The molecule has 0 amide bonds. The van der Waals surface area contributed by atoms with Crippen molar-refractivity contribution in [2.24, 2.45) is 0 Å². The quantitative estimate of drug-likeness (QED) is 0.501. The third-order valence-electron chi connectivity index (χ3n) is 3.79. The number of aromatic nitrogens is 1. The predicted molar refractivity (Wildman–Crippen MR) is 96.7 cm³/mol. The molecule has 23 heavy (non-hydrogen) atoms. The first kappa shape index (κ1) is 14.8. The number of rotatable bonds is 3.